The molecule has 1 aromatic heterocycles. The van der Waals surface area contributed by atoms with Gasteiger partial charge in [0.1, 0.15) is 0 Å². The van der Waals surface area contributed by atoms with E-state index in [4.69, 9.17) is 10.5 Å². The molecule has 2 N–H and O–H groups in total. The highest BCUT2D eigenvalue weighted by Crippen LogP contribution is 2.23. The summed E-state index contributed by atoms with van der Waals surface area (Å²) in [6.45, 7) is 6.91. The van der Waals surface area contributed by atoms with Gasteiger partial charge in [0, 0.05) is 17.3 Å². The van der Waals surface area contributed by atoms with Gasteiger partial charge in [-0.25, -0.2) is 4.98 Å². The number of nitrogens with zero attached hydrogens (tertiary/aromatic N) is 1. The fourth-order valence-corrected chi connectivity index (χ4v) is 3.04. The van der Waals surface area contributed by atoms with Crippen molar-refractivity contribution in [2.24, 2.45) is 5.73 Å². The quantitative estimate of drug-likeness (QED) is 0.846. The minimum Gasteiger partial charge on any atom is -0.372 e. The molecule has 0 saturated heterocycles. The van der Waals surface area contributed by atoms with Crippen LogP contribution in [0.3, 0.4) is 0 Å². The standard InChI is InChI=1S/C17H24N2OS/c1-4-15(18)17(14-7-5-12(2)6-8-14)20-10-9-16-13(3)19-11-21-16/h5-8,11,15,17H,4,9-10,18H2,1-3H3. The zero-order valence-electron chi connectivity index (χ0n) is 13.0. The summed E-state index contributed by atoms with van der Waals surface area (Å²) in [5, 5.41) is 0. The third kappa shape index (κ3) is 4.37. The van der Waals surface area contributed by atoms with Crippen molar-refractivity contribution in [1.82, 2.24) is 4.98 Å². The van der Waals surface area contributed by atoms with Crippen LogP contribution in [0.5, 0.6) is 0 Å². The molecular formula is C17H24N2OS. The number of thiazole rings is 1. The van der Waals surface area contributed by atoms with Crippen molar-refractivity contribution >= 4 is 11.3 Å². The maximum atomic E-state index is 6.24. The molecule has 2 unspecified atom stereocenters. The van der Waals surface area contributed by atoms with Crippen LogP contribution in [0.2, 0.25) is 0 Å². The molecule has 0 aliphatic heterocycles. The van der Waals surface area contributed by atoms with E-state index in [0.717, 1.165) is 24.1 Å². The van der Waals surface area contributed by atoms with Crippen LogP contribution in [0.4, 0.5) is 0 Å². The lowest BCUT2D eigenvalue weighted by atomic mass is 10.00. The summed E-state index contributed by atoms with van der Waals surface area (Å²) in [7, 11) is 0. The van der Waals surface area contributed by atoms with Gasteiger partial charge in [0.25, 0.3) is 0 Å². The van der Waals surface area contributed by atoms with Crippen molar-refractivity contribution in [2.45, 2.75) is 45.8 Å². The summed E-state index contributed by atoms with van der Waals surface area (Å²) >= 11 is 1.69. The number of aromatic nitrogens is 1. The summed E-state index contributed by atoms with van der Waals surface area (Å²) in [6.07, 6.45) is 1.76. The highest BCUT2D eigenvalue weighted by molar-refractivity contribution is 7.09. The van der Waals surface area contributed by atoms with Crippen molar-refractivity contribution in [3.8, 4) is 0 Å². The third-order valence-electron chi connectivity index (χ3n) is 3.74. The van der Waals surface area contributed by atoms with Crippen LogP contribution in [0.15, 0.2) is 29.8 Å². The van der Waals surface area contributed by atoms with Crippen molar-refractivity contribution in [2.75, 3.05) is 6.61 Å². The van der Waals surface area contributed by atoms with Crippen molar-refractivity contribution in [3.05, 3.63) is 51.5 Å². The molecule has 1 aromatic carbocycles. The lowest BCUT2D eigenvalue weighted by molar-refractivity contribution is 0.0356. The molecule has 3 nitrogen and oxygen atoms in total. The number of aryl methyl sites for hydroxylation is 2. The molecule has 114 valence electrons. The fraction of sp³-hybridized carbons (Fsp3) is 0.471. The first-order valence-electron chi connectivity index (χ1n) is 7.44. The van der Waals surface area contributed by atoms with Crippen LogP contribution in [0.1, 0.15) is 41.1 Å². The Bertz CT molecular complexity index is 550. The molecule has 0 aliphatic carbocycles. The zero-order chi connectivity index (χ0) is 15.2. The first-order chi connectivity index (χ1) is 10.1. The lowest BCUT2D eigenvalue weighted by Gasteiger charge is -2.24. The second-order valence-corrected chi connectivity index (χ2v) is 6.32. The first-order valence-corrected chi connectivity index (χ1v) is 8.32. The van der Waals surface area contributed by atoms with Crippen LogP contribution in [0, 0.1) is 13.8 Å². The molecule has 0 saturated carbocycles. The zero-order valence-corrected chi connectivity index (χ0v) is 13.8. The number of hydrogen-bond acceptors (Lipinski definition) is 4. The first kappa shape index (κ1) is 16.1. The average molecular weight is 304 g/mol. The van der Waals surface area contributed by atoms with Crippen molar-refractivity contribution < 1.29 is 4.74 Å². The van der Waals surface area contributed by atoms with E-state index in [0.29, 0.717) is 6.61 Å². The number of ether oxygens (including phenoxy) is 1. The van der Waals surface area contributed by atoms with E-state index in [-0.39, 0.29) is 12.1 Å². The van der Waals surface area contributed by atoms with Gasteiger partial charge in [-0.3, -0.25) is 0 Å². The second kappa shape index (κ2) is 7.69. The van der Waals surface area contributed by atoms with Crippen LogP contribution in [-0.2, 0) is 11.2 Å². The van der Waals surface area contributed by atoms with Crippen LogP contribution >= 0.6 is 11.3 Å². The average Bonchev–Trinajstić information content (AvgIpc) is 2.89. The van der Waals surface area contributed by atoms with Gasteiger partial charge in [-0.1, -0.05) is 36.8 Å². The molecule has 0 fully saturated rings. The fourth-order valence-electron chi connectivity index (χ4n) is 2.28. The molecule has 1 heterocycles. The topological polar surface area (TPSA) is 48.1 Å². The van der Waals surface area contributed by atoms with E-state index in [9.17, 15) is 0 Å². The van der Waals surface area contributed by atoms with Crippen LogP contribution in [0.25, 0.3) is 0 Å². The Labute approximate surface area is 131 Å². The summed E-state index contributed by atoms with van der Waals surface area (Å²) in [5.74, 6) is 0. The van der Waals surface area contributed by atoms with Gasteiger partial charge < -0.3 is 10.5 Å². The predicted molar refractivity (Wildman–Crippen MR) is 88.7 cm³/mol. The summed E-state index contributed by atoms with van der Waals surface area (Å²) in [4.78, 5) is 5.57. The van der Waals surface area contributed by atoms with E-state index in [1.807, 2.05) is 12.4 Å². The predicted octanol–water partition coefficient (Wildman–Crippen LogP) is 3.80. The number of benzene rings is 1. The smallest absolute Gasteiger partial charge is 0.0975 e. The molecule has 2 atom stereocenters. The maximum Gasteiger partial charge on any atom is 0.0975 e. The number of nitrogens with two attached hydrogens (primary N) is 1. The molecule has 4 heteroatoms. The highest BCUT2D eigenvalue weighted by Gasteiger charge is 2.19. The molecule has 0 aliphatic rings. The van der Waals surface area contributed by atoms with E-state index >= 15 is 0 Å². The Morgan fingerprint density at radius 3 is 2.52 bits per heavy atom. The van der Waals surface area contributed by atoms with Crippen molar-refractivity contribution in [3.63, 3.8) is 0 Å². The van der Waals surface area contributed by atoms with E-state index < -0.39 is 0 Å². The Hall–Kier alpha value is -1.23. The Morgan fingerprint density at radius 2 is 1.95 bits per heavy atom. The van der Waals surface area contributed by atoms with E-state index in [1.165, 1.54) is 10.4 Å². The van der Waals surface area contributed by atoms with E-state index in [2.05, 4.69) is 43.1 Å². The number of rotatable bonds is 7. The summed E-state index contributed by atoms with van der Waals surface area (Å²) < 4.78 is 6.10. The molecule has 0 bridgehead atoms. The van der Waals surface area contributed by atoms with Gasteiger partial charge in [-0.05, 0) is 25.8 Å². The third-order valence-corrected chi connectivity index (χ3v) is 4.73. The molecule has 0 amide bonds. The normalized spacial score (nSPS) is 14.1. The van der Waals surface area contributed by atoms with Crippen molar-refractivity contribution in [1.29, 1.82) is 0 Å². The second-order valence-electron chi connectivity index (χ2n) is 5.39. The molecule has 2 aromatic rings. The van der Waals surface area contributed by atoms with Gasteiger partial charge in [-0.15, -0.1) is 11.3 Å². The van der Waals surface area contributed by atoms with Gasteiger partial charge in [-0.2, -0.15) is 0 Å². The molecule has 2 rings (SSSR count). The van der Waals surface area contributed by atoms with Gasteiger partial charge in [0.15, 0.2) is 0 Å². The van der Waals surface area contributed by atoms with Crippen LogP contribution < -0.4 is 5.73 Å². The van der Waals surface area contributed by atoms with Gasteiger partial charge in [0.2, 0.25) is 0 Å². The molecule has 0 radical (unpaired) electrons. The van der Waals surface area contributed by atoms with Gasteiger partial charge >= 0.3 is 0 Å². The van der Waals surface area contributed by atoms with E-state index in [1.54, 1.807) is 11.3 Å². The molecule has 21 heavy (non-hydrogen) atoms. The Balaban J connectivity index is 2.00. The highest BCUT2D eigenvalue weighted by atomic mass is 32.1. The SMILES string of the molecule is CCC(N)C(OCCc1scnc1C)c1ccc(C)cc1. The number of hydrogen-bond donors (Lipinski definition) is 1. The Kier molecular flexibility index (Phi) is 5.91. The minimum absolute atomic E-state index is 0.0234. The maximum absolute atomic E-state index is 6.24. The summed E-state index contributed by atoms with van der Waals surface area (Å²) in [6, 6.07) is 8.49. The van der Waals surface area contributed by atoms with Crippen LogP contribution in [-0.4, -0.2) is 17.6 Å². The lowest BCUT2D eigenvalue weighted by Crippen LogP contribution is -2.30. The van der Waals surface area contributed by atoms with Gasteiger partial charge in [0.05, 0.1) is 23.9 Å². The molecule has 0 spiro atoms. The molecular weight excluding hydrogens is 280 g/mol. The summed E-state index contributed by atoms with van der Waals surface area (Å²) in [5.41, 5.74) is 11.7. The Morgan fingerprint density at radius 1 is 1.24 bits per heavy atom. The monoisotopic (exact) mass is 304 g/mol. The largest absolute Gasteiger partial charge is 0.372 e. The minimum atomic E-state index is -0.0381.